The van der Waals surface area contributed by atoms with Crippen molar-refractivity contribution in [2.24, 2.45) is 0 Å². The van der Waals surface area contributed by atoms with E-state index in [2.05, 4.69) is 0 Å². The normalized spacial score (nSPS) is 24.4. The molecule has 0 N–H and O–H groups in total. The van der Waals surface area contributed by atoms with Gasteiger partial charge in [0.15, 0.2) is 5.78 Å². The molecule has 0 amide bonds. The van der Waals surface area contributed by atoms with Crippen molar-refractivity contribution in [3.05, 3.63) is 0 Å². The van der Waals surface area contributed by atoms with Crippen LogP contribution in [-0.2, 0) is 14.3 Å². The fourth-order valence-electron chi connectivity index (χ4n) is 1.40. The number of carbonyl (C=O) groups excluding carboxylic acids is 1. The van der Waals surface area contributed by atoms with Gasteiger partial charge in [0, 0.05) is 13.5 Å². The van der Waals surface area contributed by atoms with Crippen molar-refractivity contribution in [3.63, 3.8) is 0 Å². The summed E-state index contributed by atoms with van der Waals surface area (Å²) >= 11 is 0. The molecule has 1 atom stereocenters. The Bertz CT molecular complexity index is 145. The fraction of sp³-hybridized carbons (Fsp3) is 0.889. The van der Waals surface area contributed by atoms with Crippen molar-refractivity contribution in [1.29, 1.82) is 0 Å². The minimum atomic E-state index is -0.145. The second-order valence-corrected chi connectivity index (χ2v) is 3.06. The third-order valence-electron chi connectivity index (χ3n) is 2.11. The zero-order valence-electron chi connectivity index (χ0n) is 7.54. The summed E-state index contributed by atoms with van der Waals surface area (Å²) in [7, 11) is 1.63. The van der Waals surface area contributed by atoms with Crippen LogP contribution in [0.5, 0.6) is 0 Å². The summed E-state index contributed by atoms with van der Waals surface area (Å²) in [5.41, 5.74) is 0. The quantitative estimate of drug-likeness (QED) is 0.597. The first kappa shape index (κ1) is 9.68. The SMILES string of the molecule is COCCOC1CCCCC1=O. The minimum absolute atomic E-state index is 0.145. The van der Waals surface area contributed by atoms with Gasteiger partial charge >= 0.3 is 0 Å². The van der Waals surface area contributed by atoms with Crippen molar-refractivity contribution < 1.29 is 14.3 Å². The van der Waals surface area contributed by atoms with E-state index >= 15 is 0 Å². The van der Waals surface area contributed by atoms with Crippen LogP contribution in [0.1, 0.15) is 25.7 Å². The molecule has 1 fully saturated rings. The molecule has 0 aromatic carbocycles. The Hall–Kier alpha value is -0.410. The number of methoxy groups -OCH3 is 1. The minimum Gasteiger partial charge on any atom is -0.382 e. The van der Waals surface area contributed by atoms with Gasteiger partial charge in [-0.05, 0) is 19.3 Å². The molecule has 1 unspecified atom stereocenters. The van der Waals surface area contributed by atoms with Gasteiger partial charge in [-0.15, -0.1) is 0 Å². The Labute approximate surface area is 73.0 Å². The third-order valence-corrected chi connectivity index (χ3v) is 2.11. The van der Waals surface area contributed by atoms with E-state index in [9.17, 15) is 4.79 Å². The molecule has 3 heteroatoms. The zero-order valence-corrected chi connectivity index (χ0v) is 7.54. The third kappa shape index (κ3) is 2.91. The van der Waals surface area contributed by atoms with E-state index in [0.29, 0.717) is 19.6 Å². The first-order chi connectivity index (χ1) is 5.84. The molecule has 0 aromatic rings. The molecule has 0 aromatic heterocycles. The molecule has 1 rings (SSSR count). The van der Waals surface area contributed by atoms with Gasteiger partial charge < -0.3 is 9.47 Å². The van der Waals surface area contributed by atoms with E-state index in [0.717, 1.165) is 19.3 Å². The van der Waals surface area contributed by atoms with Crippen molar-refractivity contribution in [1.82, 2.24) is 0 Å². The maximum Gasteiger partial charge on any atom is 0.161 e. The summed E-state index contributed by atoms with van der Waals surface area (Å²) in [6.07, 6.45) is 3.58. The van der Waals surface area contributed by atoms with Gasteiger partial charge in [-0.3, -0.25) is 4.79 Å². The Kier molecular flexibility index (Phi) is 4.25. The molecule has 12 heavy (non-hydrogen) atoms. The number of rotatable bonds is 4. The lowest BCUT2D eigenvalue weighted by molar-refractivity contribution is -0.134. The first-order valence-electron chi connectivity index (χ1n) is 4.48. The highest BCUT2D eigenvalue weighted by molar-refractivity contribution is 5.83. The summed E-state index contributed by atoms with van der Waals surface area (Å²) in [5, 5.41) is 0. The van der Waals surface area contributed by atoms with Crippen LogP contribution in [0.2, 0.25) is 0 Å². The molecule has 1 saturated carbocycles. The van der Waals surface area contributed by atoms with Gasteiger partial charge in [-0.1, -0.05) is 0 Å². The molecular weight excluding hydrogens is 156 g/mol. The zero-order chi connectivity index (χ0) is 8.81. The van der Waals surface area contributed by atoms with Crippen molar-refractivity contribution >= 4 is 5.78 Å². The maximum absolute atomic E-state index is 11.2. The highest BCUT2D eigenvalue weighted by Gasteiger charge is 2.22. The Morgan fingerprint density at radius 3 is 2.92 bits per heavy atom. The number of ketones is 1. The first-order valence-corrected chi connectivity index (χ1v) is 4.48. The molecule has 0 spiro atoms. The van der Waals surface area contributed by atoms with Crippen LogP contribution in [-0.4, -0.2) is 32.2 Å². The molecule has 0 saturated heterocycles. The number of hydrogen-bond donors (Lipinski definition) is 0. The highest BCUT2D eigenvalue weighted by Crippen LogP contribution is 2.16. The van der Waals surface area contributed by atoms with E-state index < -0.39 is 0 Å². The number of Topliss-reactive ketones (excluding diaryl/α,β-unsaturated/α-hetero) is 1. The molecule has 1 aliphatic rings. The van der Waals surface area contributed by atoms with E-state index in [4.69, 9.17) is 9.47 Å². The van der Waals surface area contributed by atoms with Crippen molar-refractivity contribution in [2.45, 2.75) is 31.8 Å². The molecule has 0 radical (unpaired) electrons. The summed E-state index contributed by atoms with van der Waals surface area (Å²) in [6.45, 7) is 1.11. The largest absolute Gasteiger partial charge is 0.382 e. The lowest BCUT2D eigenvalue weighted by atomic mass is 9.96. The van der Waals surface area contributed by atoms with E-state index in [-0.39, 0.29) is 11.9 Å². The Morgan fingerprint density at radius 1 is 1.42 bits per heavy atom. The maximum atomic E-state index is 11.2. The predicted octanol–water partition coefficient (Wildman–Crippen LogP) is 1.16. The second kappa shape index (κ2) is 5.27. The Morgan fingerprint density at radius 2 is 2.25 bits per heavy atom. The van der Waals surface area contributed by atoms with Crippen molar-refractivity contribution in [3.8, 4) is 0 Å². The number of ether oxygens (including phenoxy) is 2. The molecule has 0 heterocycles. The van der Waals surface area contributed by atoms with Gasteiger partial charge in [0.2, 0.25) is 0 Å². The van der Waals surface area contributed by atoms with Crippen molar-refractivity contribution in [2.75, 3.05) is 20.3 Å². The van der Waals surface area contributed by atoms with Crippen LogP contribution in [0.4, 0.5) is 0 Å². The monoisotopic (exact) mass is 172 g/mol. The summed E-state index contributed by atoms with van der Waals surface area (Å²) in [6, 6.07) is 0. The van der Waals surface area contributed by atoms with Gasteiger partial charge in [-0.25, -0.2) is 0 Å². The summed E-state index contributed by atoms with van der Waals surface area (Å²) in [4.78, 5) is 11.2. The van der Waals surface area contributed by atoms with E-state index in [1.54, 1.807) is 7.11 Å². The van der Waals surface area contributed by atoms with Crippen LogP contribution in [0.3, 0.4) is 0 Å². The fourth-order valence-corrected chi connectivity index (χ4v) is 1.40. The number of carbonyl (C=O) groups is 1. The second-order valence-electron chi connectivity index (χ2n) is 3.06. The van der Waals surface area contributed by atoms with Gasteiger partial charge in [-0.2, -0.15) is 0 Å². The standard InChI is InChI=1S/C9H16O3/c1-11-6-7-12-9-5-3-2-4-8(9)10/h9H,2-7H2,1H3. The van der Waals surface area contributed by atoms with Crippen LogP contribution in [0.15, 0.2) is 0 Å². The van der Waals surface area contributed by atoms with Gasteiger partial charge in [0.05, 0.1) is 13.2 Å². The lowest BCUT2D eigenvalue weighted by Gasteiger charge is -2.20. The lowest BCUT2D eigenvalue weighted by Crippen LogP contribution is -2.28. The average molecular weight is 172 g/mol. The average Bonchev–Trinajstić information content (AvgIpc) is 2.09. The van der Waals surface area contributed by atoms with Crippen LogP contribution < -0.4 is 0 Å². The van der Waals surface area contributed by atoms with E-state index in [1.807, 2.05) is 0 Å². The van der Waals surface area contributed by atoms with Crippen LogP contribution >= 0.6 is 0 Å². The molecule has 0 aliphatic heterocycles. The topological polar surface area (TPSA) is 35.5 Å². The summed E-state index contributed by atoms with van der Waals surface area (Å²) in [5.74, 6) is 0.261. The molecular formula is C9H16O3. The summed E-state index contributed by atoms with van der Waals surface area (Å²) < 4.78 is 10.2. The van der Waals surface area contributed by atoms with Gasteiger partial charge in [0.25, 0.3) is 0 Å². The molecule has 1 aliphatic carbocycles. The Balaban J connectivity index is 2.16. The van der Waals surface area contributed by atoms with Gasteiger partial charge in [0.1, 0.15) is 6.10 Å². The van der Waals surface area contributed by atoms with Crippen LogP contribution in [0, 0.1) is 0 Å². The van der Waals surface area contributed by atoms with E-state index in [1.165, 1.54) is 0 Å². The molecule has 3 nitrogen and oxygen atoms in total. The smallest absolute Gasteiger partial charge is 0.161 e. The number of hydrogen-bond acceptors (Lipinski definition) is 3. The highest BCUT2D eigenvalue weighted by atomic mass is 16.5. The molecule has 0 bridgehead atoms. The predicted molar refractivity (Wildman–Crippen MR) is 45.1 cm³/mol. The van der Waals surface area contributed by atoms with Crippen LogP contribution in [0.25, 0.3) is 0 Å². The molecule has 70 valence electrons.